The fourth-order valence-corrected chi connectivity index (χ4v) is 4.07. The molecule has 0 saturated carbocycles. The topological polar surface area (TPSA) is 90.4 Å². The SMILES string of the molecule is CC(C)Oc1ccc(-c2nc(-c3cccc4c(CCC(=O)O)cn(C(C)C)c34)no2)cc1Cl. The summed E-state index contributed by atoms with van der Waals surface area (Å²) in [5.74, 6) is 0.597. The monoisotopic (exact) mass is 467 g/mol. The molecule has 4 aromatic rings. The van der Waals surface area contributed by atoms with Crippen molar-refractivity contribution in [1.82, 2.24) is 14.7 Å². The first-order valence-electron chi connectivity index (χ1n) is 10.9. The molecule has 2 heterocycles. The van der Waals surface area contributed by atoms with Gasteiger partial charge < -0.3 is 18.9 Å². The number of hydrogen-bond acceptors (Lipinski definition) is 5. The molecule has 2 aromatic carbocycles. The summed E-state index contributed by atoms with van der Waals surface area (Å²) >= 11 is 6.38. The average molecular weight is 468 g/mol. The predicted molar refractivity (Wildman–Crippen MR) is 128 cm³/mol. The third-order valence-corrected chi connectivity index (χ3v) is 5.60. The Morgan fingerprint density at radius 3 is 2.67 bits per heavy atom. The zero-order valence-corrected chi connectivity index (χ0v) is 19.8. The normalized spacial score (nSPS) is 11.6. The number of carbonyl (C=O) groups is 1. The maximum Gasteiger partial charge on any atom is 0.303 e. The van der Waals surface area contributed by atoms with Gasteiger partial charge in [0.15, 0.2) is 0 Å². The number of halogens is 1. The molecular weight excluding hydrogens is 442 g/mol. The van der Waals surface area contributed by atoms with Crippen molar-refractivity contribution in [3.05, 3.63) is 53.2 Å². The van der Waals surface area contributed by atoms with Gasteiger partial charge in [-0.2, -0.15) is 4.98 Å². The third-order valence-electron chi connectivity index (χ3n) is 5.31. The van der Waals surface area contributed by atoms with Crippen molar-refractivity contribution in [2.24, 2.45) is 0 Å². The third kappa shape index (κ3) is 4.73. The van der Waals surface area contributed by atoms with Crippen LogP contribution in [0.1, 0.15) is 45.7 Å². The molecule has 2 aromatic heterocycles. The molecule has 0 saturated heterocycles. The molecule has 0 aliphatic rings. The van der Waals surface area contributed by atoms with Crippen LogP contribution in [-0.2, 0) is 11.2 Å². The maximum atomic E-state index is 11.1. The predicted octanol–water partition coefficient (Wildman–Crippen LogP) is 6.40. The molecule has 0 aliphatic heterocycles. The zero-order valence-electron chi connectivity index (χ0n) is 19.0. The Kier molecular flexibility index (Phi) is 6.42. The van der Waals surface area contributed by atoms with E-state index in [1.165, 1.54) is 0 Å². The number of carboxylic acid groups (broad SMARTS) is 1. The molecule has 0 amide bonds. The van der Waals surface area contributed by atoms with Gasteiger partial charge in [0.2, 0.25) is 5.82 Å². The maximum absolute atomic E-state index is 11.1. The molecule has 8 heteroatoms. The molecule has 0 fully saturated rings. The van der Waals surface area contributed by atoms with Crippen LogP contribution in [0.3, 0.4) is 0 Å². The number of ether oxygens (including phenoxy) is 1. The van der Waals surface area contributed by atoms with E-state index in [0.29, 0.717) is 34.5 Å². The van der Waals surface area contributed by atoms with Crippen molar-refractivity contribution in [2.75, 3.05) is 0 Å². The summed E-state index contributed by atoms with van der Waals surface area (Å²) in [6.45, 7) is 8.05. The Hall–Kier alpha value is -3.32. The highest BCUT2D eigenvalue weighted by molar-refractivity contribution is 6.32. The van der Waals surface area contributed by atoms with E-state index in [4.69, 9.17) is 26.0 Å². The Morgan fingerprint density at radius 1 is 1.21 bits per heavy atom. The first-order valence-corrected chi connectivity index (χ1v) is 11.3. The second kappa shape index (κ2) is 9.27. The molecule has 4 rings (SSSR count). The van der Waals surface area contributed by atoms with E-state index >= 15 is 0 Å². The van der Waals surface area contributed by atoms with E-state index in [-0.39, 0.29) is 18.6 Å². The number of aryl methyl sites for hydroxylation is 1. The summed E-state index contributed by atoms with van der Waals surface area (Å²) in [4.78, 5) is 15.7. The van der Waals surface area contributed by atoms with Crippen LogP contribution in [0, 0.1) is 0 Å². The average Bonchev–Trinajstić information content (AvgIpc) is 3.38. The van der Waals surface area contributed by atoms with Crippen LogP contribution in [0.25, 0.3) is 33.7 Å². The Bertz CT molecular complexity index is 1310. The number of hydrogen-bond donors (Lipinski definition) is 1. The highest BCUT2D eigenvalue weighted by atomic mass is 35.5. The molecule has 33 heavy (non-hydrogen) atoms. The number of carboxylic acids is 1. The summed E-state index contributed by atoms with van der Waals surface area (Å²) in [6.07, 6.45) is 2.57. The first kappa shape index (κ1) is 22.9. The van der Waals surface area contributed by atoms with E-state index in [0.717, 1.165) is 22.0 Å². The van der Waals surface area contributed by atoms with Gasteiger partial charge in [0.25, 0.3) is 5.89 Å². The van der Waals surface area contributed by atoms with Crippen molar-refractivity contribution in [3.63, 3.8) is 0 Å². The van der Waals surface area contributed by atoms with E-state index in [1.807, 2.05) is 44.3 Å². The van der Waals surface area contributed by atoms with Crippen LogP contribution >= 0.6 is 11.6 Å². The summed E-state index contributed by atoms with van der Waals surface area (Å²) in [6, 6.07) is 11.4. The minimum Gasteiger partial charge on any atom is -0.489 e. The summed E-state index contributed by atoms with van der Waals surface area (Å²) in [5.41, 5.74) is 3.46. The van der Waals surface area contributed by atoms with Gasteiger partial charge >= 0.3 is 5.97 Å². The van der Waals surface area contributed by atoms with E-state index in [1.54, 1.807) is 12.1 Å². The Morgan fingerprint density at radius 2 is 2.00 bits per heavy atom. The van der Waals surface area contributed by atoms with E-state index in [2.05, 4.69) is 28.6 Å². The van der Waals surface area contributed by atoms with Crippen molar-refractivity contribution in [2.45, 2.75) is 52.7 Å². The van der Waals surface area contributed by atoms with Gasteiger partial charge in [0, 0.05) is 35.2 Å². The molecule has 0 spiro atoms. The van der Waals surface area contributed by atoms with Crippen LogP contribution in [0.4, 0.5) is 0 Å². The van der Waals surface area contributed by atoms with Crippen LogP contribution in [0.5, 0.6) is 5.75 Å². The molecular formula is C25H26ClN3O4. The van der Waals surface area contributed by atoms with Gasteiger partial charge in [-0.1, -0.05) is 28.9 Å². The van der Waals surface area contributed by atoms with Crippen LogP contribution in [0.2, 0.25) is 5.02 Å². The van der Waals surface area contributed by atoms with Gasteiger partial charge in [-0.05, 0) is 63.9 Å². The molecule has 1 N–H and O–H groups in total. The van der Waals surface area contributed by atoms with Crippen LogP contribution < -0.4 is 4.74 Å². The minimum absolute atomic E-state index is 0.0152. The summed E-state index contributed by atoms with van der Waals surface area (Å²) in [7, 11) is 0. The van der Waals surface area contributed by atoms with Gasteiger partial charge in [0.1, 0.15) is 5.75 Å². The molecule has 172 valence electrons. The zero-order chi connectivity index (χ0) is 23.7. The fourth-order valence-electron chi connectivity index (χ4n) is 3.84. The van der Waals surface area contributed by atoms with Crippen molar-refractivity contribution < 1.29 is 19.2 Å². The molecule has 0 unspecified atom stereocenters. The van der Waals surface area contributed by atoms with E-state index < -0.39 is 5.97 Å². The van der Waals surface area contributed by atoms with Gasteiger partial charge in [0.05, 0.1) is 16.6 Å². The second-order valence-corrected chi connectivity index (χ2v) is 8.89. The highest BCUT2D eigenvalue weighted by Crippen LogP contribution is 2.35. The molecule has 0 atom stereocenters. The number of aliphatic carboxylic acids is 1. The van der Waals surface area contributed by atoms with Crippen molar-refractivity contribution in [1.29, 1.82) is 0 Å². The number of rotatable bonds is 8. The summed E-state index contributed by atoms with van der Waals surface area (Å²) < 4.78 is 13.4. The largest absolute Gasteiger partial charge is 0.489 e. The number of aromatic nitrogens is 3. The number of benzene rings is 2. The first-order chi connectivity index (χ1) is 15.7. The molecule has 7 nitrogen and oxygen atoms in total. The number of fused-ring (bicyclic) bond motifs is 1. The van der Waals surface area contributed by atoms with E-state index in [9.17, 15) is 4.79 Å². The lowest BCUT2D eigenvalue weighted by atomic mass is 10.1. The lowest BCUT2D eigenvalue weighted by Gasteiger charge is -2.11. The summed E-state index contributed by atoms with van der Waals surface area (Å²) in [5, 5.41) is 14.8. The van der Waals surface area contributed by atoms with Gasteiger partial charge in [-0.3, -0.25) is 4.79 Å². The lowest BCUT2D eigenvalue weighted by molar-refractivity contribution is -0.136. The van der Waals surface area contributed by atoms with Crippen LogP contribution in [0.15, 0.2) is 47.1 Å². The van der Waals surface area contributed by atoms with Gasteiger partial charge in [-0.25, -0.2) is 0 Å². The fraction of sp³-hybridized carbons (Fsp3) is 0.320. The Labute approximate surface area is 196 Å². The minimum atomic E-state index is -0.817. The lowest BCUT2D eigenvalue weighted by Crippen LogP contribution is -2.05. The molecule has 0 radical (unpaired) electrons. The standard InChI is InChI=1S/C25H26ClN3O4/c1-14(2)29-13-17(9-11-22(30)31)18-6-5-7-19(23(18)29)24-27-25(33-28-24)16-8-10-21(20(26)12-16)32-15(3)4/h5-8,10,12-15H,9,11H2,1-4H3,(H,30,31). The van der Waals surface area contributed by atoms with Crippen LogP contribution in [-0.4, -0.2) is 31.9 Å². The quantitative estimate of drug-likeness (QED) is 0.322. The number of para-hydroxylation sites is 1. The van der Waals surface area contributed by atoms with Crippen molar-refractivity contribution >= 4 is 28.5 Å². The second-order valence-electron chi connectivity index (χ2n) is 8.49. The Balaban J connectivity index is 1.75. The smallest absolute Gasteiger partial charge is 0.303 e. The number of nitrogens with zero attached hydrogens (tertiary/aromatic N) is 3. The highest BCUT2D eigenvalue weighted by Gasteiger charge is 2.20. The van der Waals surface area contributed by atoms with Gasteiger partial charge in [-0.15, -0.1) is 0 Å². The molecule has 0 bridgehead atoms. The molecule has 0 aliphatic carbocycles. The van der Waals surface area contributed by atoms with Crippen molar-refractivity contribution in [3.8, 4) is 28.6 Å².